The topological polar surface area (TPSA) is 52.6 Å². The molecule has 1 atom stereocenters. The molecule has 1 saturated heterocycles. The van der Waals surface area contributed by atoms with E-state index in [2.05, 4.69) is 17.4 Å². The van der Waals surface area contributed by atoms with Gasteiger partial charge < -0.3 is 15.3 Å². The molecule has 1 aromatic carbocycles. The van der Waals surface area contributed by atoms with Crippen LogP contribution in [0.25, 0.3) is 0 Å². The number of carbonyl (C=O) groups is 1. The Hall–Kier alpha value is -1.55. The summed E-state index contributed by atoms with van der Waals surface area (Å²) in [6.45, 7) is 2.21. The molecule has 0 unspecified atom stereocenters. The second-order valence-corrected chi connectivity index (χ2v) is 4.36. The van der Waals surface area contributed by atoms with Gasteiger partial charge in [0.05, 0.1) is 0 Å². The molecule has 2 N–H and O–H groups in total. The van der Waals surface area contributed by atoms with Crippen LogP contribution >= 0.6 is 0 Å². The Morgan fingerprint density at radius 1 is 1.35 bits per heavy atom. The van der Waals surface area contributed by atoms with Crippen LogP contribution in [0.3, 0.4) is 0 Å². The first kappa shape index (κ1) is 11.9. The van der Waals surface area contributed by atoms with Crippen molar-refractivity contribution in [2.24, 2.45) is 0 Å². The van der Waals surface area contributed by atoms with Gasteiger partial charge in [-0.2, -0.15) is 0 Å². The van der Waals surface area contributed by atoms with Crippen LogP contribution in [0.15, 0.2) is 30.3 Å². The predicted octanol–water partition coefficient (Wildman–Crippen LogP) is 1.57. The Morgan fingerprint density at radius 2 is 2.12 bits per heavy atom. The van der Waals surface area contributed by atoms with E-state index in [-0.39, 0.29) is 6.04 Å². The lowest BCUT2D eigenvalue weighted by Crippen LogP contribution is -2.41. The average molecular weight is 234 g/mol. The zero-order valence-corrected chi connectivity index (χ0v) is 9.80. The average Bonchev–Trinajstić information content (AvgIpc) is 2.56. The van der Waals surface area contributed by atoms with Crippen molar-refractivity contribution in [1.29, 1.82) is 0 Å². The highest BCUT2D eigenvalue weighted by Crippen LogP contribution is 2.13. The first-order chi connectivity index (χ1) is 8.27. The third kappa shape index (κ3) is 3.20. The van der Waals surface area contributed by atoms with E-state index in [4.69, 9.17) is 0 Å². The van der Waals surface area contributed by atoms with Crippen LogP contribution in [0, 0.1) is 0 Å². The lowest BCUT2D eigenvalue weighted by atomic mass is 10.0. The second kappa shape index (κ2) is 5.68. The van der Waals surface area contributed by atoms with Crippen molar-refractivity contribution in [3.8, 4) is 0 Å². The number of nitrogens with zero attached hydrogens (tertiary/aromatic N) is 1. The first-order valence-corrected chi connectivity index (χ1v) is 6.01. The fourth-order valence-electron chi connectivity index (χ4n) is 2.28. The molecule has 17 heavy (non-hydrogen) atoms. The molecule has 0 bridgehead atoms. The molecule has 4 heteroatoms. The molecular weight excluding hydrogens is 216 g/mol. The zero-order valence-electron chi connectivity index (χ0n) is 9.80. The highest BCUT2D eigenvalue weighted by molar-refractivity contribution is 5.65. The lowest BCUT2D eigenvalue weighted by Gasteiger charge is -2.27. The van der Waals surface area contributed by atoms with E-state index in [9.17, 15) is 9.90 Å². The highest BCUT2D eigenvalue weighted by atomic mass is 16.4. The molecule has 0 saturated carbocycles. The monoisotopic (exact) mass is 234 g/mol. The van der Waals surface area contributed by atoms with Crippen molar-refractivity contribution >= 4 is 6.09 Å². The van der Waals surface area contributed by atoms with E-state index in [1.54, 1.807) is 4.90 Å². The molecule has 2 rings (SSSR count). The Labute approximate surface area is 101 Å². The van der Waals surface area contributed by atoms with E-state index in [0.717, 1.165) is 25.9 Å². The molecule has 1 heterocycles. The highest BCUT2D eigenvalue weighted by Gasteiger charge is 2.24. The Kier molecular flexibility index (Phi) is 3.98. The third-order valence-corrected chi connectivity index (χ3v) is 3.18. The van der Waals surface area contributed by atoms with Gasteiger partial charge in [-0.1, -0.05) is 30.3 Å². The quantitative estimate of drug-likeness (QED) is 0.816. The maximum Gasteiger partial charge on any atom is 0.407 e. The first-order valence-electron chi connectivity index (χ1n) is 6.01. The summed E-state index contributed by atoms with van der Waals surface area (Å²) in [5.74, 6) is 0. The van der Waals surface area contributed by atoms with E-state index in [1.807, 2.05) is 18.2 Å². The van der Waals surface area contributed by atoms with Gasteiger partial charge in [0.15, 0.2) is 0 Å². The number of hydrogen-bond donors (Lipinski definition) is 2. The van der Waals surface area contributed by atoms with Gasteiger partial charge in [-0.05, 0) is 24.9 Å². The number of amides is 1. The van der Waals surface area contributed by atoms with Gasteiger partial charge in [-0.15, -0.1) is 0 Å². The van der Waals surface area contributed by atoms with Crippen LogP contribution in [0.2, 0.25) is 0 Å². The summed E-state index contributed by atoms with van der Waals surface area (Å²) in [4.78, 5) is 12.8. The van der Waals surface area contributed by atoms with Gasteiger partial charge >= 0.3 is 6.09 Å². The number of nitrogens with one attached hydrogen (secondary N) is 1. The van der Waals surface area contributed by atoms with Crippen molar-refractivity contribution in [2.75, 3.05) is 19.6 Å². The van der Waals surface area contributed by atoms with Crippen LogP contribution in [-0.4, -0.2) is 41.8 Å². The second-order valence-electron chi connectivity index (χ2n) is 4.36. The van der Waals surface area contributed by atoms with Crippen LogP contribution in [-0.2, 0) is 6.42 Å². The maximum absolute atomic E-state index is 11.2. The summed E-state index contributed by atoms with van der Waals surface area (Å²) < 4.78 is 0. The summed E-state index contributed by atoms with van der Waals surface area (Å²) in [5, 5.41) is 12.5. The van der Waals surface area contributed by atoms with Crippen molar-refractivity contribution in [3.05, 3.63) is 35.9 Å². The van der Waals surface area contributed by atoms with Gasteiger partial charge in [0.1, 0.15) is 0 Å². The van der Waals surface area contributed by atoms with Crippen molar-refractivity contribution in [2.45, 2.75) is 18.9 Å². The van der Waals surface area contributed by atoms with Crippen molar-refractivity contribution < 1.29 is 9.90 Å². The Balaban J connectivity index is 2.07. The largest absolute Gasteiger partial charge is 0.465 e. The number of hydrogen-bond acceptors (Lipinski definition) is 2. The predicted molar refractivity (Wildman–Crippen MR) is 66.2 cm³/mol. The van der Waals surface area contributed by atoms with Gasteiger partial charge in [0, 0.05) is 19.1 Å². The van der Waals surface area contributed by atoms with Crippen LogP contribution in [0.5, 0.6) is 0 Å². The fourth-order valence-corrected chi connectivity index (χ4v) is 2.28. The summed E-state index contributed by atoms with van der Waals surface area (Å²) in [7, 11) is 0. The SMILES string of the molecule is O=C(O)N1CCNCC[C@H]1Cc1ccccc1. The molecule has 0 aromatic heterocycles. The lowest BCUT2D eigenvalue weighted by molar-refractivity contribution is 0.127. The number of benzene rings is 1. The molecule has 0 aliphatic carbocycles. The number of carboxylic acid groups (broad SMARTS) is 1. The molecule has 1 aromatic rings. The van der Waals surface area contributed by atoms with E-state index < -0.39 is 6.09 Å². The Morgan fingerprint density at radius 3 is 2.82 bits per heavy atom. The number of rotatable bonds is 2. The minimum Gasteiger partial charge on any atom is -0.465 e. The minimum absolute atomic E-state index is 0.0879. The van der Waals surface area contributed by atoms with Gasteiger partial charge in [0.25, 0.3) is 0 Å². The van der Waals surface area contributed by atoms with E-state index in [1.165, 1.54) is 5.56 Å². The van der Waals surface area contributed by atoms with Crippen molar-refractivity contribution in [3.63, 3.8) is 0 Å². The van der Waals surface area contributed by atoms with Gasteiger partial charge in [-0.25, -0.2) is 4.79 Å². The minimum atomic E-state index is -0.811. The zero-order chi connectivity index (χ0) is 12.1. The van der Waals surface area contributed by atoms with E-state index >= 15 is 0 Å². The standard InChI is InChI=1S/C13H18N2O2/c16-13(17)15-9-8-14-7-6-12(15)10-11-4-2-1-3-5-11/h1-5,12,14H,6-10H2,(H,16,17)/t12-/m0/s1. The molecule has 1 fully saturated rings. The summed E-state index contributed by atoms with van der Waals surface area (Å²) >= 11 is 0. The summed E-state index contributed by atoms with van der Waals surface area (Å²) in [6, 6.07) is 10.2. The van der Waals surface area contributed by atoms with Gasteiger partial charge in [0.2, 0.25) is 0 Å². The summed E-state index contributed by atoms with van der Waals surface area (Å²) in [5.41, 5.74) is 1.20. The molecule has 1 amide bonds. The molecule has 1 aliphatic rings. The molecule has 4 nitrogen and oxygen atoms in total. The van der Waals surface area contributed by atoms with E-state index in [0.29, 0.717) is 6.54 Å². The third-order valence-electron chi connectivity index (χ3n) is 3.18. The fraction of sp³-hybridized carbons (Fsp3) is 0.462. The van der Waals surface area contributed by atoms with Crippen molar-refractivity contribution in [1.82, 2.24) is 10.2 Å². The molecule has 0 spiro atoms. The smallest absolute Gasteiger partial charge is 0.407 e. The van der Waals surface area contributed by atoms with Crippen LogP contribution < -0.4 is 5.32 Å². The normalized spacial score (nSPS) is 20.9. The van der Waals surface area contributed by atoms with Crippen LogP contribution in [0.1, 0.15) is 12.0 Å². The molecule has 1 aliphatic heterocycles. The summed E-state index contributed by atoms with van der Waals surface area (Å²) in [6.07, 6.45) is 0.866. The molecule has 0 radical (unpaired) electrons. The Bertz CT molecular complexity index is 367. The van der Waals surface area contributed by atoms with Crippen LogP contribution in [0.4, 0.5) is 4.79 Å². The molecule has 92 valence electrons. The van der Waals surface area contributed by atoms with Gasteiger partial charge in [-0.3, -0.25) is 0 Å². The molecular formula is C13H18N2O2. The maximum atomic E-state index is 11.2.